The van der Waals surface area contributed by atoms with E-state index in [0.717, 1.165) is 31.5 Å². The van der Waals surface area contributed by atoms with Gasteiger partial charge in [0.25, 0.3) is 5.91 Å². The molecule has 0 aromatic carbocycles. The lowest BCUT2D eigenvalue weighted by Gasteiger charge is -2.40. The zero-order chi connectivity index (χ0) is 19.3. The minimum Gasteiger partial charge on any atom is -0.338 e. The number of hydrogen-bond donors (Lipinski definition) is 1. The van der Waals surface area contributed by atoms with Gasteiger partial charge in [0, 0.05) is 63.1 Å². The highest BCUT2D eigenvalue weighted by atomic mass is 35.5. The van der Waals surface area contributed by atoms with Gasteiger partial charge in [0.1, 0.15) is 0 Å². The fourth-order valence-electron chi connectivity index (χ4n) is 4.11. The molecule has 7 nitrogen and oxygen atoms in total. The Hall–Kier alpha value is -2.22. The van der Waals surface area contributed by atoms with Gasteiger partial charge >= 0.3 is 0 Å². The Balaban J connectivity index is 0.00000160. The zero-order valence-corrected chi connectivity index (χ0v) is 18.3. The summed E-state index contributed by atoms with van der Waals surface area (Å²) in [5, 5.41) is 3.38. The summed E-state index contributed by atoms with van der Waals surface area (Å²) >= 11 is 0. The van der Waals surface area contributed by atoms with E-state index >= 15 is 0 Å². The molecule has 2 aliphatic rings. The predicted octanol–water partition coefficient (Wildman–Crippen LogP) is 2.35. The van der Waals surface area contributed by atoms with Crippen LogP contribution in [0.15, 0.2) is 49.1 Å². The second-order valence-corrected chi connectivity index (χ2v) is 7.36. The molecule has 30 heavy (non-hydrogen) atoms. The molecule has 0 aliphatic carbocycles. The fourth-order valence-corrected chi connectivity index (χ4v) is 4.11. The van der Waals surface area contributed by atoms with Crippen LogP contribution in [0.3, 0.4) is 0 Å². The first-order chi connectivity index (χ1) is 13.7. The van der Waals surface area contributed by atoms with Gasteiger partial charge in [-0.25, -0.2) is 0 Å². The van der Waals surface area contributed by atoms with Crippen LogP contribution in [0.2, 0.25) is 0 Å². The van der Waals surface area contributed by atoms with Crippen molar-refractivity contribution in [2.24, 2.45) is 5.92 Å². The van der Waals surface area contributed by atoms with Crippen molar-refractivity contribution in [3.8, 4) is 0 Å². The van der Waals surface area contributed by atoms with Crippen LogP contribution in [0.4, 0.5) is 0 Å². The number of likely N-dealkylation sites (tertiary alicyclic amines) is 1. The summed E-state index contributed by atoms with van der Waals surface area (Å²) in [5.41, 5.74) is 1.67. The Kier molecular flexibility index (Phi) is 9.02. The van der Waals surface area contributed by atoms with Gasteiger partial charge in [-0.05, 0) is 36.6 Å². The van der Waals surface area contributed by atoms with Gasteiger partial charge < -0.3 is 15.1 Å². The summed E-state index contributed by atoms with van der Waals surface area (Å²) in [6.45, 7) is 3.36. The van der Waals surface area contributed by atoms with E-state index in [1.54, 1.807) is 30.7 Å². The Labute approximate surface area is 189 Å². The van der Waals surface area contributed by atoms with Gasteiger partial charge in [-0.2, -0.15) is 0 Å². The van der Waals surface area contributed by atoms with Crippen LogP contribution < -0.4 is 5.32 Å². The van der Waals surface area contributed by atoms with Crippen molar-refractivity contribution in [2.75, 3.05) is 32.7 Å². The van der Waals surface area contributed by atoms with E-state index in [0.29, 0.717) is 25.2 Å². The maximum atomic E-state index is 13.4. The molecule has 2 aromatic heterocycles. The van der Waals surface area contributed by atoms with Crippen molar-refractivity contribution < 1.29 is 9.59 Å². The first-order valence-electron chi connectivity index (χ1n) is 9.84. The van der Waals surface area contributed by atoms with Crippen LogP contribution in [0.25, 0.3) is 0 Å². The lowest BCUT2D eigenvalue weighted by molar-refractivity contribution is -0.140. The summed E-state index contributed by atoms with van der Waals surface area (Å²) in [5.74, 6) is -0.0385. The standard InChI is InChI=1S/C21H25N5O2.2ClH/c27-20(16-5-8-22-9-6-16)25-11-2-4-18(15-25)21(28)26-12-10-24-14-19(26)17-3-1-7-23-13-17;;/h1,3,5-9,13,18-19,24H,2,4,10-12,14-15H2;2*1H. The number of rotatable bonds is 3. The normalized spacial score (nSPS) is 21.2. The third-order valence-corrected chi connectivity index (χ3v) is 5.58. The van der Waals surface area contributed by atoms with Gasteiger partial charge in [0.05, 0.1) is 12.0 Å². The summed E-state index contributed by atoms with van der Waals surface area (Å²) in [6.07, 6.45) is 8.49. The van der Waals surface area contributed by atoms with Gasteiger partial charge in [-0.3, -0.25) is 19.6 Å². The van der Waals surface area contributed by atoms with Crippen molar-refractivity contribution in [3.63, 3.8) is 0 Å². The number of carbonyl (C=O) groups excluding carboxylic acids is 2. The number of nitrogens with one attached hydrogen (secondary N) is 1. The highest BCUT2D eigenvalue weighted by molar-refractivity contribution is 5.94. The molecule has 2 aromatic rings. The molecular weight excluding hydrogens is 425 g/mol. The van der Waals surface area contributed by atoms with Crippen LogP contribution in [0, 0.1) is 5.92 Å². The second kappa shape index (κ2) is 11.2. The number of piperidine rings is 1. The van der Waals surface area contributed by atoms with E-state index in [-0.39, 0.29) is 48.6 Å². The number of carbonyl (C=O) groups is 2. The van der Waals surface area contributed by atoms with Crippen LogP contribution in [-0.4, -0.2) is 64.3 Å². The third-order valence-electron chi connectivity index (χ3n) is 5.58. The first-order valence-corrected chi connectivity index (χ1v) is 9.84. The third kappa shape index (κ3) is 5.28. The van der Waals surface area contributed by atoms with Crippen LogP contribution in [0.1, 0.15) is 34.8 Å². The Bertz CT molecular complexity index is 825. The molecule has 2 fully saturated rings. The Morgan fingerprint density at radius 1 is 1.03 bits per heavy atom. The summed E-state index contributed by atoms with van der Waals surface area (Å²) in [6, 6.07) is 7.36. The highest BCUT2D eigenvalue weighted by Gasteiger charge is 2.35. The smallest absolute Gasteiger partial charge is 0.253 e. The van der Waals surface area contributed by atoms with E-state index < -0.39 is 0 Å². The van der Waals surface area contributed by atoms with Crippen molar-refractivity contribution in [2.45, 2.75) is 18.9 Å². The van der Waals surface area contributed by atoms with E-state index in [1.807, 2.05) is 28.1 Å². The predicted molar refractivity (Wildman–Crippen MR) is 119 cm³/mol. The van der Waals surface area contributed by atoms with Crippen molar-refractivity contribution >= 4 is 36.6 Å². The minimum atomic E-state index is -0.156. The highest BCUT2D eigenvalue weighted by Crippen LogP contribution is 2.27. The lowest BCUT2D eigenvalue weighted by atomic mass is 9.94. The molecule has 0 saturated carbocycles. The van der Waals surface area contributed by atoms with Gasteiger partial charge in [0.15, 0.2) is 0 Å². The number of nitrogens with zero attached hydrogens (tertiary/aromatic N) is 4. The molecule has 0 bridgehead atoms. The van der Waals surface area contributed by atoms with E-state index in [4.69, 9.17) is 0 Å². The fraction of sp³-hybridized carbons (Fsp3) is 0.429. The number of aromatic nitrogens is 2. The molecule has 162 valence electrons. The lowest BCUT2D eigenvalue weighted by Crippen LogP contribution is -2.53. The quantitative estimate of drug-likeness (QED) is 0.774. The molecule has 4 rings (SSSR count). The first kappa shape index (κ1) is 24.1. The molecule has 2 unspecified atom stereocenters. The number of halogens is 2. The molecule has 2 aliphatic heterocycles. The molecule has 2 amide bonds. The molecule has 0 radical (unpaired) electrons. The molecule has 1 N–H and O–H groups in total. The molecule has 2 saturated heterocycles. The average Bonchev–Trinajstić information content (AvgIpc) is 2.79. The average molecular weight is 452 g/mol. The van der Waals surface area contributed by atoms with Crippen molar-refractivity contribution in [1.82, 2.24) is 25.1 Å². The topological polar surface area (TPSA) is 78.4 Å². The molecule has 9 heteroatoms. The van der Waals surface area contributed by atoms with E-state index in [2.05, 4.69) is 15.3 Å². The number of hydrogen-bond acceptors (Lipinski definition) is 5. The number of amides is 2. The van der Waals surface area contributed by atoms with Crippen molar-refractivity contribution in [3.05, 3.63) is 60.2 Å². The maximum absolute atomic E-state index is 13.4. The summed E-state index contributed by atoms with van der Waals surface area (Å²) in [7, 11) is 0. The largest absolute Gasteiger partial charge is 0.338 e. The van der Waals surface area contributed by atoms with E-state index in [9.17, 15) is 9.59 Å². The second-order valence-electron chi connectivity index (χ2n) is 7.36. The summed E-state index contributed by atoms with van der Waals surface area (Å²) < 4.78 is 0. The zero-order valence-electron chi connectivity index (χ0n) is 16.6. The van der Waals surface area contributed by atoms with E-state index in [1.165, 1.54) is 0 Å². The molecule has 0 spiro atoms. The SMILES string of the molecule is Cl.Cl.O=C(c1ccncc1)N1CCCC(C(=O)N2CCNCC2c2cccnc2)C1. The Morgan fingerprint density at radius 3 is 2.57 bits per heavy atom. The number of piperazine rings is 1. The monoisotopic (exact) mass is 451 g/mol. The minimum absolute atomic E-state index is 0. The number of pyridine rings is 2. The maximum Gasteiger partial charge on any atom is 0.253 e. The molecule has 4 heterocycles. The van der Waals surface area contributed by atoms with Gasteiger partial charge in [-0.1, -0.05) is 6.07 Å². The van der Waals surface area contributed by atoms with Crippen molar-refractivity contribution in [1.29, 1.82) is 0 Å². The summed E-state index contributed by atoms with van der Waals surface area (Å²) in [4.78, 5) is 38.1. The molecule has 2 atom stereocenters. The molecular formula is C21H27Cl2N5O2. The van der Waals surface area contributed by atoms with Crippen LogP contribution >= 0.6 is 24.8 Å². The van der Waals surface area contributed by atoms with Crippen LogP contribution in [0.5, 0.6) is 0 Å². The Morgan fingerprint density at radius 2 is 1.83 bits per heavy atom. The van der Waals surface area contributed by atoms with Gasteiger partial charge in [-0.15, -0.1) is 24.8 Å². The van der Waals surface area contributed by atoms with Crippen LogP contribution in [-0.2, 0) is 4.79 Å². The van der Waals surface area contributed by atoms with Gasteiger partial charge in [0.2, 0.25) is 5.91 Å².